The normalized spacial score (nSPS) is 13.6. The van der Waals surface area contributed by atoms with E-state index in [4.69, 9.17) is 15.0 Å². The van der Waals surface area contributed by atoms with Gasteiger partial charge in [0.25, 0.3) is 5.91 Å². The van der Waals surface area contributed by atoms with Gasteiger partial charge in [-0.05, 0) is 23.7 Å². The number of azide groups is 1. The van der Waals surface area contributed by atoms with Crippen LogP contribution in [0.3, 0.4) is 0 Å². The van der Waals surface area contributed by atoms with Gasteiger partial charge in [-0.1, -0.05) is 17.2 Å². The first-order chi connectivity index (χ1) is 13.1. The van der Waals surface area contributed by atoms with E-state index in [0.717, 1.165) is 0 Å². The molecule has 0 spiro atoms. The van der Waals surface area contributed by atoms with Crippen LogP contribution in [0.4, 0.5) is 5.69 Å². The third-order valence-electron chi connectivity index (χ3n) is 4.14. The number of esters is 1. The predicted octanol–water partition coefficient (Wildman–Crippen LogP) is 2.95. The van der Waals surface area contributed by atoms with Gasteiger partial charge in [0.2, 0.25) is 0 Å². The van der Waals surface area contributed by atoms with Crippen molar-refractivity contribution in [2.75, 3.05) is 33.4 Å². The number of methoxy groups -OCH3 is 1. The van der Waals surface area contributed by atoms with Crippen LogP contribution < -0.4 is 0 Å². The first-order valence-corrected chi connectivity index (χ1v) is 8.25. The van der Waals surface area contributed by atoms with Crippen LogP contribution in [0.1, 0.15) is 20.7 Å². The molecule has 3 rings (SSSR count). The molecule has 0 atom stereocenters. The Balaban J connectivity index is 1.95. The minimum absolute atomic E-state index is 0.0775. The number of hydrogen-bond acceptors (Lipinski definition) is 6. The number of amides is 1. The highest BCUT2D eigenvalue weighted by Crippen LogP contribution is 2.26. The molecule has 2 heterocycles. The van der Waals surface area contributed by atoms with E-state index in [1.807, 2.05) is 0 Å². The van der Waals surface area contributed by atoms with Crippen LogP contribution in [0, 0.1) is 0 Å². The Kier molecular flexibility index (Phi) is 5.65. The van der Waals surface area contributed by atoms with Gasteiger partial charge in [0.05, 0.1) is 37.3 Å². The average molecular weight is 367 g/mol. The highest BCUT2D eigenvalue weighted by Gasteiger charge is 2.19. The van der Waals surface area contributed by atoms with Crippen LogP contribution in [-0.4, -0.2) is 55.2 Å². The molecule has 0 aliphatic carbocycles. The van der Waals surface area contributed by atoms with E-state index >= 15 is 0 Å². The molecule has 1 saturated heterocycles. The highest BCUT2D eigenvalue weighted by atomic mass is 16.5. The Labute approximate surface area is 155 Å². The van der Waals surface area contributed by atoms with E-state index in [1.165, 1.54) is 19.4 Å². The number of rotatable bonds is 4. The standard InChI is InChI=1S/C18H17N5O4/c1-26-18(25)14-10-15(20-11-16(14)21-22-19)12-3-2-4-13(9-12)17(24)23-5-7-27-8-6-23/h2-4,9-11H,5-8H2,1H3. The van der Waals surface area contributed by atoms with Crippen molar-refractivity contribution in [1.29, 1.82) is 0 Å². The summed E-state index contributed by atoms with van der Waals surface area (Å²) in [5, 5.41) is 3.46. The SMILES string of the molecule is COC(=O)c1cc(-c2cccc(C(=O)N3CCOCC3)c2)ncc1N=[N+]=[N-]. The van der Waals surface area contributed by atoms with Crippen LogP contribution in [0.5, 0.6) is 0 Å². The van der Waals surface area contributed by atoms with Crippen molar-refractivity contribution in [1.82, 2.24) is 9.88 Å². The van der Waals surface area contributed by atoms with Crippen molar-refractivity contribution < 1.29 is 19.1 Å². The quantitative estimate of drug-likeness (QED) is 0.356. The molecule has 0 N–H and O–H groups in total. The Bertz CT molecular complexity index is 918. The minimum Gasteiger partial charge on any atom is -0.465 e. The van der Waals surface area contributed by atoms with Crippen molar-refractivity contribution in [2.45, 2.75) is 0 Å². The van der Waals surface area contributed by atoms with E-state index in [1.54, 1.807) is 29.2 Å². The summed E-state index contributed by atoms with van der Waals surface area (Å²) in [6.45, 7) is 2.15. The van der Waals surface area contributed by atoms with Gasteiger partial charge in [-0.15, -0.1) is 0 Å². The van der Waals surface area contributed by atoms with Gasteiger partial charge in [-0.2, -0.15) is 0 Å². The van der Waals surface area contributed by atoms with Gasteiger partial charge < -0.3 is 14.4 Å². The minimum atomic E-state index is -0.637. The number of hydrogen-bond donors (Lipinski definition) is 0. The smallest absolute Gasteiger partial charge is 0.338 e. The van der Waals surface area contributed by atoms with E-state index in [-0.39, 0.29) is 17.2 Å². The molecule has 9 nitrogen and oxygen atoms in total. The molecular weight excluding hydrogens is 350 g/mol. The number of pyridine rings is 1. The first-order valence-electron chi connectivity index (χ1n) is 8.25. The Morgan fingerprint density at radius 1 is 1.30 bits per heavy atom. The molecule has 1 aromatic carbocycles. The van der Waals surface area contributed by atoms with E-state index in [9.17, 15) is 9.59 Å². The lowest BCUT2D eigenvalue weighted by atomic mass is 10.0. The summed E-state index contributed by atoms with van der Waals surface area (Å²) in [6, 6.07) is 8.47. The molecule has 0 radical (unpaired) electrons. The number of aromatic nitrogens is 1. The fraction of sp³-hybridized carbons (Fsp3) is 0.278. The lowest BCUT2D eigenvalue weighted by Gasteiger charge is -2.27. The summed E-state index contributed by atoms with van der Waals surface area (Å²) in [5.74, 6) is -0.722. The fourth-order valence-electron chi connectivity index (χ4n) is 2.77. The molecule has 0 unspecified atom stereocenters. The van der Waals surface area contributed by atoms with Gasteiger partial charge in [-0.3, -0.25) is 9.78 Å². The van der Waals surface area contributed by atoms with E-state index < -0.39 is 5.97 Å². The summed E-state index contributed by atoms with van der Waals surface area (Å²) in [7, 11) is 1.24. The molecule has 1 amide bonds. The molecule has 138 valence electrons. The molecule has 9 heteroatoms. The van der Waals surface area contributed by atoms with Crippen molar-refractivity contribution in [3.05, 3.63) is 58.1 Å². The first kappa shape index (κ1) is 18.4. The van der Waals surface area contributed by atoms with Crippen molar-refractivity contribution in [3.8, 4) is 11.3 Å². The maximum absolute atomic E-state index is 12.7. The summed E-state index contributed by atoms with van der Waals surface area (Å²) >= 11 is 0. The second-order valence-electron chi connectivity index (χ2n) is 5.75. The van der Waals surface area contributed by atoms with Crippen LogP contribution in [0.15, 0.2) is 41.6 Å². The number of carbonyl (C=O) groups excluding carboxylic acids is 2. The maximum atomic E-state index is 12.7. The second kappa shape index (κ2) is 8.31. The zero-order valence-electron chi connectivity index (χ0n) is 14.7. The Hall–Kier alpha value is -3.42. The van der Waals surface area contributed by atoms with Crippen LogP contribution in [-0.2, 0) is 9.47 Å². The number of morpholine rings is 1. The average Bonchev–Trinajstić information content (AvgIpc) is 2.74. The van der Waals surface area contributed by atoms with Gasteiger partial charge in [0, 0.05) is 35.3 Å². The lowest BCUT2D eigenvalue weighted by Crippen LogP contribution is -2.40. The Morgan fingerprint density at radius 2 is 2.07 bits per heavy atom. The highest BCUT2D eigenvalue weighted by molar-refractivity contribution is 5.97. The van der Waals surface area contributed by atoms with Crippen molar-refractivity contribution in [3.63, 3.8) is 0 Å². The molecule has 1 aliphatic heterocycles. The number of benzene rings is 1. The fourth-order valence-corrected chi connectivity index (χ4v) is 2.77. The molecule has 27 heavy (non-hydrogen) atoms. The number of nitrogens with zero attached hydrogens (tertiary/aromatic N) is 5. The zero-order valence-corrected chi connectivity index (χ0v) is 14.7. The van der Waals surface area contributed by atoms with Gasteiger partial charge >= 0.3 is 5.97 Å². The van der Waals surface area contributed by atoms with Crippen molar-refractivity contribution >= 4 is 17.6 Å². The maximum Gasteiger partial charge on any atom is 0.338 e. The molecule has 0 saturated carbocycles. The van der Waals surface area contributed by atoms with Crippen LogP contribution in [0.2, 0.25) is 0 Å². The van der Waals surface area contributed by atoms with Crippen LogP contribution in [0.25, 0.3) is 21.7 Å². The molecule has 1 fully saturated rings. The largest absolute Gasteiger partial charge is 0.465 e. The number of carbonyl (C=O) groups is 2. The van der Waals surface area contributed by atoms with Crippen molar-refractivity contribution in [2.24, 2.45) is 5.11 Å². The third kappa shape index (κ3) is 4.05. The van der Waals surface area contributed by atoms with Gasteiger partial charge in [-0.25, -0.2) is 4.79 Å². The zero-order chi connectivity index (χ0) is 19.2. The molecule has 2 aromatic rings. The molecule has 0 bridgehead atoms. The van der Waals surface area contributed by atoms with E-state index in [2.05, 4.69) is 15.0 Å². The third-order valence-corrected chi connectivity index (χ3v) is 4.14. The summed E-state index contributed by atoms with van der Waals surface area (Å²) < 4.78 is 10.0. The summed E-state index contributed by atoms with van der Waals surface area (Å²) in [4.78, 5) is 33.3. The topological polar surface area (TPSA) is 117 Å². The summed E-state index contributed by atoms with van der Waals surface area (Å²) in [6.07, 6.45) is 1.30. The molecule has 1 aliphatic rings. The molecular formula is C18H17N5O4. The van der Waals surface area contributed by atoms with E-state index in [0.29, 0.717) is 43.1 Å². The monoisotopic (exact) mass is 367 g/mol. The molecule has 1 aromatic heterocycles. The van der Waals surface area contributed by atoms with Crippen LogP contribution >= 0.6 is 0 Å². The second-order valence-corrected chi connectivity index (χ2v) is 5.75. The van der Waals surface area contributed by atoms with Gasteiger partial charge in [0.1, 0.15) is 0 Å². The lowest BCUT2D eigenvalue weighted by molar-refractivity contribution is 0.0303. The summed E-state index contributed by atoms with van der Waals surface area (Å²) in [5.41, 5.74) is 10.5. The van der Waals surface area contributed by atoms with Gasteiger partial charge in [0.15, 0.2) is 0 Å². The predicted molar refractivity (Wildman–Crippen MR) is 96.5 cm³/mol. The Morgan fingerprint density at radius 3 is 2.78 bits per heavy atom. The number of ether oxygens (including phenoxy) is 2.